The number of ether oxygens (including phenoxy) is 1. The third kappa shape index (κ3) is 3.30. The molecule has 19 heavy (non-hydrogen) atoms. The molecule has 0 spiro atoms. The highest BCUT2D eigenvalue weighted by Crippen LogP contribution is 2.19. The largest absolute Gasteiger partial charge is 0.465 e. The fourth-order valence-corrected chi connectivity index (χ4v) is 2.16. The van der Waals surface area contributed by atoms with Gasteiger partial charge >= 0.3 is 5.97 Å². The summed E-state index contributed by atoms with van der Waals surface area (Å²) >= 11 is 1.24. The van der Waals surface area contributed by atoms with Gasteiger partial charge < -0.3 is 10.1 Å². The van der Waals surface area contributed by atoms with Crippen LogP contribution in [-0.4, -0.2) is 18.1 Å². The SMILES string of the molecule is COC(=O)c1cnc(NCc2ccc(C#N)cc2)s1. The molecule has 2 aromatic rings. The van der Waals surface area contributed by atoms with Crippen molar-refractivity contribution in [3.63, 3.8) is 0 Å². The number of carbonyl (C=O) groups excluding carboxylic acids is 1. The Hall–Kier alpha value is -2.39. The Morgan fingerprint density at radius 2 is 2.21 bits per heavy atom. The summed E-state index contributed by atoms with van der Waals surface area (Å²) in [5.41, 5.74) is 1.67. The topological polar surface area (TPSA) is 75.0 Å². The lowest BCUT2D eigenvalue weighted by Gasteiger charge is -2.02. The van der Waals surface area contributed by atoms with E-state index in [-0.39, 0.29) is 5.97 Å². The fourth-order valence-electron chi connectivity index (χ4n) is 1.43. The van der Waals surface area contributed by atoms with Crippen LogP contribution in [0.1, 0.15) is 20.8 Å². The van der Waals surface area contributed by atoms with Gasteiger partial charge in [0.2, 0.25) is 0 Å². The van der Waals surface area contributed by atoms with Gasteiger partial charge in [-0.05, 0) is 17.7 Å². The van der Waals surface area contributed by atoms with Crippen molar-refractivity contribution in [1.82, 2.24) is 4.98 Å². The monoisotopic (exact) mass is 273 g/mol. The van der Waals surface area contributed by atoms with Crippen LogP contribution in [0.25, 0.3) is 0 Å². The number of carbonyl (C=O) groups is 1. The first kappa shape index (κ1) is 13.1. The van der Waals surface area contributed by atoms with Crippen molar-refractivity contribution in [2.24, 2.45) is 0 Å². The van der Waals surface area contributed by atoms with E-state index in [0.717, 1.165) is 5.56 Å². The summed E-state index contributed by atoms with van der Waals surface area (Å²) in [4.78, 5) is 15.8. The molecule has 1 aromatic carbocycles. The zero-order valence-corrected chi connectivity index (χ0v) is 11.0. The first-order valence-corrected chi connectivity index (χ1v) is 6.31. The summed E-state index contributed by atoms with van der Waals surface area (Å²) in [7, 11) is 1.34. The Morgan fingerprint density at radius 3 is 2.84 bits per heavy atom. The molecule has 6 heteroatoms. The van der Waals surface area contributed by atoms with Gasteiger partial charge in [0.1, 0.15) is 4.88 Å². The highest BCUT2D eigenvalue weighted by atomic mass is 32.1. The molecule has 0 atom stereocenters. The van der Waals surface area contributed by atoms with E-state index in [2.05, 4.69) is 21.1 Å². The molecule has 0 amide bonds. The average molecular weight is 273 g/mol. The van der Waals surface area contributed by atoms with E-state index < -0.39 is 0 Å². The fraction of sp³-hybridized carbons (Fsp3) is 0.154. The third-order valence-electron chi connectivity index (χ3n) is 2.42. The predicted molar refractivity (Wildman–Crippen MR) is 71.9 cm³/mol. The normalized spacial score (nSPS) is 9.68. The number of nitriles is 1. The van der Waals surface area contributed by atoms with Gasteiger partial charge in [0, 0.05) is 6.54 Å². The van der Waals surface area contributed by atoms with Crippen molar-refractivity contribution in [2.75, 3.05) is 12.4 Å². The lowest BCUT2D eigenvalue weighted by Crippen LogP contribution is -1.98. The molecule has 0 aliphatic rings. The Bertz CT molecular complexity index is 614. The van der Waals surface area contributed by atoms with Gasteiger partial charge in [0.15, 0.2) is 5.13 Å². The molecule has 2 rings (SSSR count). The molecule has 0 fully saturated rings. The summed E-state index contributed by atoms with van der Waals surface area (Å²) in [6, 6.07) is 9.34. The number of thiazole rings is 1. The van der Waals surface area contributed by atoms with Crippen molar-refractivity contribution in [3.05, 3.63) is 46.5 Å². The molecule has 0 saturated carbocycles. The van der Waals surface area contributed by atoms with Crippen LogP contribution in [0.3, 0.4) is 0 Å². The number of anilines is 1. The van der Waals surface area contributed by atoms with Crippen molar-refractivity contribution in [1.29, 1.82) is 5.26 Å². The van der Waals surface area contributed by atoms with Crippen molar-refractivity contribution in [3.8, 4) is 6.07 Å². The van der Waals surface area contributed by atoms with E-state index in [1.54, 1.807) is 12.1 Å². The highest BCUT2D eigenvalue weighted by Gasteiger charge is 2.09. The molecule has 96 valence electrons. The molecular weight excluding hydrogens is 262 g/mol. The summed E-state index contributed by atoms with van der Waals surface area (Å²) in [6.07, 6.45) is 1.48. The number of benzene rings is 1. The molecule has 0 radical (unpaired) electrons. The number of esters is 1. The molecule has 0 unspecified atom stereocenters. The number of rotatable bonds is 4. The van der Waals surface area contributed by atoms with Gasteiger partial charge in [0.05, 0.1) is 24.9 Å². The maximum atomic E-state index is 11.3. The molecule has 0 aliphatic heterocycles. The smallest absolute Gasteiger partial charge is 0.349 e. The first-order chi connectivity index (χ1) is 9.22. The van der Waals surface area contributed by atoms with Crippen LogP contribution in [0.5, 0.6) is 0 Å². The minimum atomic E-state index is -0.385. The van der Waals surface area contributed by atoms with Gasteiger partial charge in [-0.25, -0.2) is 9.78 Å². The minimum Gasteiger partial charge on any atom is -0.465 e. The standard InChI is InChI=1S/C13H11N3O2S/c1-18-12(17)11-8-16-13(19-11)15-7-10-4-2-9(6-14)3-5-10/h2-5,8H,7H2,1H3,(H,15,16). The second kappa shape index (κ2) is 5.98. The van der Waals surface area contributed by atoms with Gasteiger partial charge in [-0.15, -0.1) is 0 Å². The quantitative estimate of drug-likeness (QED) is 0.866. The molecule has 5 nitrogen and oxygen atoms in total. The van der Waals surface area contributed by atoms with Gasteiger partial charge in [-0.1, -0.05) is 23.5 Å². The van der Waals surface area contributed by atoms with E-state index in [1.165, 1.54) is 24.6 Å². The van der Waals surface area contributed by atoms with Crippen LogP contribution in [0, 0.1) is 11.3 Å². The number of hydrogen-bond donors (Lipinski definition) is 1. The number of nitrogens with one attached hydrogen (secondary N) is 1. The number of hydrogen-bond acceptors (Lipinski definition) is 6. The van der Waals surface area contributed by atoms with E-state index in [4.69, 9.17) is 5.26 Å². The van der Waals surface area contributed by atoms with E-state index in [0.29, 0.717) is 22.1 Å². The lowest BCUT2D eigenvalue weighted by atomic mass is 10.1. The number of aromatic nitrogens is 1. The summed E-state index contributed by atoms with van der Waals surface area (Å²) in [5, 5.41) is 12.5. The van der Waals surface area contributed by atoms with Crippen LogP contribution in [-0.2, 0) is 11.3 Å². The van der Waals surface area contributed by atoms with E-state index >= 15 is 0 Å². The van der Waals surface area contributed by atoms with Crippen LogP contribution >= 0.6 is 11.3 Å². The van der Waals surface area contributed by atoms with Gasteiger partial charge in [-0.3, -0.25) is 0 Å². The average Bonchev–Trinajstić information content (AvgIpc) is 2.93. The summed E-state index contributed by atoms with van der Waals surface area (Å²) in [6.45, 7) is 0.583. The molecule has 1 heterocycles. The molecule has 1 aromatic heterocycles. The highest BCUT2D eigenvalue weighted by molar-refractivity contribution is 7.17. The Labute approximate surface area is 114 Å². The molecule has 0 aliphatic carbocycles. The second-order valence-electron chi connectivity index (χ2n) is 3.68. The van der Waals surface area contributed by atoms with Crippen molar-refractivity contribution in [2.45, 2.75) is 6.54 Å². The third-order valence-corrected chi connectivity index (χ3v) is 3.35. The Kier molecular flexibility index (Phi) is 4.11. The Balaban J connectivity index is 1.96. The van der Waals surface area contributed by atoms with Crippen molar-refractivity contribution < 1.29 is 9.53 Å². The summed E-state index contributed by atoms with van der Waals surface area (Å²) in [5.74, 6) is -0.385. The van der Waals surface area contributed by atoms with E-state index in [9.17, 15) is 4.79 Å². The molecule has 1 N–H and O–H groups in total. The first-order valence-electron chi connectivity index (χ1n) is 5.50. The maximum absolute atomic E-state index is 11.3. The van der Waals surface area contributed by atoms with Gasteiger partial charge in [-0.2, -0.15) is 5.26 Å². The molecule has 0 saturated heterocycles. The number of methoxy groups -OCH3 is 1. The van der Waals surface area contributed by atoms with Gasteiger partial charge in [0.25, 0.3) is 0 Å². The summed E-state index contributed by atoms with van der Waals surface area (Å²) < 4.78 is 4.61. The maximum Gasteiger partial charge on any atom is 0.349 e. The van der Waals surface area contributed by atoms with Crippen LogP contribution in [0.15, 0.2) is 30.5 Å². The zero-order valence-electron chi connectivity index (χ0n) is 10.2. The second-order valence-corrected chi connectivity index (χ2v) is 4.71. The number of nitrogens with zero attached hydrogens (tertiary/aromatic N) is 2. The molecular formula is C13H11N3O2S. The van der Waals surface area contributed by atoms with Crippen molar-refractivity contribution >= 4 is 22.4 Å². The van der Waals surface area contributed by atoms with Crippen LogP contribution in [0.4, 0.5) is 5.13 Å². The van der Waals surface area contributed by atoms with Crippen LogP contribution < -0.4 is 5.32 Å². The zero-order chi connectivity index (χ0) is 13.7. The van der Waals surface area contributed by atoms with Crippen LogP contribution in [0.2, 0.25) is 0 Å². The molecule has 0 bridgehead atoms. The van der Waals surface area contributed by atoms with E-state index in [1.807, 2.05) is 12.1 Å². The minimum absolute atomic E-state index is 0.385. The predicted octanol–water partition coefficient (Wildman–Crippen LogP) is 2.41. The lowest BCUT2D eigenvalue weighted by molar-refractivity contribution is 0.0606. The Morgan fingerprint density at radius 1 is 1.47 bits per heavy atom.